The molecule has 0 bridgehead atoms. The van der Waals surface area contributed by atoms with Gasteiger partial charge in [0, 0.05) is 27.8 Å². The largest absolute Gasteiger partial charge is 0.456 e. The molecular weight excluding hydrogens is 679 g/mol. The fourth-order valence-electron chi connectivity index (χ4n) is 9.83. The number of hydrogen-bond acceptors (Lipinski definition) is 2. The summed E-state index contributed by atoms with van der Waals surface area (Å²) in [5.41, 5.74) is 19.1. The SMILES string of the molecule is Cc1cccc(-c2ccc(N(c3ccc(-c4ccc5oc6ccccc6c5c4)cc3)c3cc4c5c(cccc5c3)C43c4ccccc4-c4ccccc43)cc2)c1. The Bertz CT molecular complexity index is 3160. The Morgan fingerprint density at radius 1 is 0.393 bits per heavy atom. The first-order valence-electron chi connectivity index (χ1n) is 19.4. The Hall–Kier alpha value is -7.16. The summed E-state index contributed by atoms with van der Waals surface area (Å²) >= 11 is 0. The van der Waals surface area contributed by atoms with Gasteiger partial charge in [-0.05, 0) is 128 Å². The zero-order valence-corrected chi connectivity index (χ0v) is 30.8. The van der Waals surface area contributed by atoms with Crippen LogP contribution in [0.5, 0.6) is 0 Å². The van der Waals surface area contributed by atoms with E-state index in [-0.39, 0.29) is 5.41 Å². The Morgan fingerprint density at radius 3 is 1.70 bits per heavy atom. The lowest BCUT2D eigenvalue weighted by Gasteiger charge is -2.44. The minimum atomic E-state index is -0.307. The third-order valence-electron chi connectivity index (χ3n) is 12.3. The van der Waals surface area contributed by atoms with Gasteiger partial charge in [0.1, 0.15) is 11.2 Å². The van der Waals surface area contributed by atoms with Gasteiger partial charge in [0.25, 0.3) is 0 Å². The fourth-order valence-corrected chi connectivity index (χ4v) is 9.83. The molecule has 2 aliphatic carbocycles. The Morgan fingerprint density at radius 2 is 0.982 bits per heavy atom. The van der Waals surface area contributed by atoms with Gasteiger partial charge in [-0.2, -0.15) is 0 Å². The highest BCUT2D eigenvalue weighted by atomic mass is 16.3. The van der Waals surface area contributed by atoms with Crippen LogP contribution in [0.2, 0.25) is 0 Å². The van der Waals surface area contributed by atoms with Crippen LogP contribution >= 0.6 is 0 Å². The lowest BCUT2D eigenvalue weighted by atomic mass is 9.58. The molecule has 0 amide bonds. The molecule has 0 fully saturated rings. The van der Waals surface area contributed by atoms with E-state index < -0.39 is 0 Å². The number of furan rings is 1. The molecule has 1 heterocycles. The van der Waals surface area contributed by atoms with E-state index in [1.807, 2.05) is 12.1 Å². The van der Waals surface area contributed by atoms with Crippen molar-refractivity contribution in [3.63, 3.8) is 0 Å². The molecular formula is C54H35NO. The van der Waals surface area contributed by atoms with Crippen molar-refractivity contribution < 1.29 is 4.42 Å². The maximum absolute atomic E-state index is 6.15. The van der Waals surface area contributed by atoms with Gasteiger partial charge >= 0.3 is 0 Å². The van der Waals surface area contributed by atoms with E-state index in [4.69, 9.17) is 4.42 Å². The number of anilines is 3. The number of para-hydroxylation sites is 1. The van der Waals surface area contributed by atoms with Crippen LogP contribution in [0.25, 0.3) is 66.1 Å². The Labute approximate surface area is 325 Å². The van der Waals surface area contributed by atoms with Crippen molar-refractivity contribution in [3.8, 4) is 33.4 Å². The first-order chi connectivity index (χ1) is 27.6. The van der Waals surface area contributed by atoms with Crippen molar-refractivity contribution in [1.29, 1.82) is 0 Å². The molecule has 12 rings (SSSR count). The lowest BCUT2D eigenvalue weighted by molar-refractivity contribution is 0.669. The lowest BCUT2D eigenvalue weighted by Crippen LogP contribution is -2.36. The van der Waals surface area contributed by atoms with Gasteiger partial charge in [-0.25, -0.2) is 0 Å². The fraction of sp³-hybridized carbons (Fsp3) is 0.0370. The molecule has 0 saturated heterocycles. The van der Waals surface area contributed by atoms with E-state index in [1.54, 1.807) is 0 Å². The number of fused-ring (bicyclic) bond motifs is 10. The van der Waals surface area contributed by atoms with Gasteiger partial charge in [-0.3, -0.25) is 0 Å². The zero-order chi connectivity index (χ0) is 37.0. The molecule has 262 valence electrons. The molecule has 56 heavy (non-hydrogen) atoms. The van der Waals surface area contributed by atoms with Gasteiger partial charge < -0.3 is 9.32 Å². The molecule has 10 aromatic rings. The van der Waals surface area contributed by atoms with Crippen LogP contribution in [0, 0.1) is 6.92 Å². The monoisotopic (exact) mass is 713 g/mol. The van der Waals surface area contributed by atoms with Crippen molar-refractivity contribution in [2.24, 2.45) is 0 Å². The highest BCUT2D eigenvalue weighted by Crippen LogP contribution is 2.64. The standard InChI is InChI=1S/C54H35NO/c1-34-10-8-11-37(30-34)35-20-25-40(26-21-35)55(41-27-22-36(23-28-41)38-24-29-52-46(32-38)45-15-4-7-19-51(45)56-52)42-31-39-12-9-18-49-53(39)50(33-42)54(49)47-16-5-2-13-43(47)44-14-3-6-17-48(44)54/h2-33H,1H3. The smallest absolute Gasteiger partial charge is 0.135 e. The molecule has 0 saturated carbocycles. The van der Waals surface area contributed by atoms with Crippen molar-refractivity contribution in [2.45, 2.75) is 12.3 Å². The highest BCUT2D eigenvalue weighted by Gasteiger charge is 2.53. The van der Waals surface area contributed by atoms with E-state index in [0.29, 0.717) is 0 Å². The minimum absolute atomic E-state index is 0.307. The average Bonchev–Trinajstić information content (AvgIpc) is 3.78. The van der Waals surface area contributed by atoms with Gasteiger partial charge in [0.15, 0.2) is 0 Å². The number of rotatable bonds is 5. The van der Waals surface area contributed by atoms with Crippen molar-refractivity contribution in [3.05, 3.63) is 222 Å². The van der Waals surface area contributed by atoms with Crippen molar-refractivity contribution in [1.82, 2.24) is 0 Å². The molecule has 0 unspecified atom stereocenters. The van der Waals surface area contributed by atoms with Crippen molar-refractivity contribution in [2.75, 3.05) is 4.90 Å². The molecule has 0 aliphatic heterocycles. The van der Waals surface area contributed by atoms with Crippen LogP contribution in [0.15, 0.2) is 199 Å². The van der Waals surface area contributed by atoms with Gasteiger partial charge in [0.2, 0.25) is 0 Å². The summed E-state index contributed by atoms with van der Waals surface area (Å²) in [4.78, 5) is 2.43. The van der Waals surface area contributed by atoms with Crippen LogP contribution in [0.4, 0.5) is 17.1 Å². The third kappa shape index (κ3) is 4.33. The van der Waals surface area contributed by atoms with Gasteiger partial charge in [0.05, 0.1) is 5.41 Å². The normalized spacial score (nSPS) is 13.2. The van der Waals surface area contributed by atoms with E-state index in [1.165, 1.54) is 72.0 Å². The second-order valence-corrected chi connectivity index (χ2v) is 15.3. The van der Waals surface area contributed by atoms with Crippen LogP contribution in [0.1, 0.15) is 27.8 Å². The summed E-state index contributed by atoms with van der Waals surface area (Å²) in [6.45, 7) is 2.15. The maximum atomic E-state index is 6.15. The zero-order valence-electron chi connectivity index (χ0n) is 30.8. The summed E-state index contributed by atoms with van der Waals surface area (Å²) in [6, 6.07) is 71.3. The molecule has 0 radical (unpaired) electrons. The van der Waals surface area contributed by atoms with Crippen LogP contribution in [0.3, 0.4) is 0 Å². The second-order valence-electron chi connectivity index (χ2n) is 15.3. The first kappa shape index (κ1) is 31.2. The topological polar surface area (TPSA) is 16.4 Å². The molecule has 2 nitrogen and oxygen atoms in total. The van der Waals surface area contributed by atoms with Gasteiger partial charge in [-0.1, -0.05) is 145 Å². The third-order valence-corrected chi connectivity index (χ3v) is 12.3. The molecule has 0 N–H and O–H groups in total. The number of aryl methyl sites for hydroxylation is 1. The number of benzene rings is 9. The molecule has 2 aliphatic rings. The van der Waals surface area contributed by atoms with Crippen LogP contribution in [-0.2, 0) is 5.41 Å². The van der Waals surface area contributed by atoms with Crippen LogP contribution < -0.4 is 4.90 Å². The predicted molar refractivity (Wildman–Crippen MR) is 232 cm³/mol. The molecule has 1 aromatic heterocycles. The molecule has 0 atom stereocenters. The maximum Gasteiger partial charge on any atom is 0.135 e. The predicted octanol–water partition coefficient (Wildman–Crippen LogP) is 14.5. The quantitative estimate of drug-likeness (QED) is 0.177. The molecule has 1 spiro atoms. The first-order valence-corrected chi connectivity index (χ1v) is 19.4. The van der Waals surface area contributed by atoms with E-state index >= 15 is 0 Å². The summed E-state index contributed by atoms with van der Waals surface area (Å²) in [6.07, 6.45) is 0. The summed E-state index contributed by atoms with van der Waals surface area (Å²) in [5.74, 6) is 0. The second kappa shape index (κ2) is 11.7. The van der Waals surface area contributed by atoms with Crippen molar-refractivity contribution >= 4 is 49.8 Å². The Balaban J connectivity index is 1.03. The average molecular weight is 714 g/mol. The van der Waals surface area contributed by atoms with Crippen LogP contribution in [-0.4, -0.2) is 0 Å². The number of hydrogen-bond donors (Lipinski definition) is 0. The Kier molecular flexibility index (Phi) is 6.50. The summed E-state index contributed by atoms with van der Waals surface area (Å²) in [7, 11) is 0. The van der Waals surface area contributed by atoms with E-state index in [9.17, 15) is 0 Å². The molecule has 9 aromatic carbocycles. The summed E-state index contributed by atoms with van der Waals surface area (Å²) in [5, 5.41) is 4.92. The summed E-state index contributed by atoms with van der Waals surface area (Å²) < 4.78 is 6.15. The van der Waals surface area contributed by atoms with E-state index in [0.717, 1.165) is 39.0 Å². The van der Waals surface area contributed by atoms with E-state index in [2.05, 4.69) is 194 Å². The molecule has 2 heteroatoms. The minimum Gasteiger partial charge on any atom is -0.456 e. The number of nitrogens with zero attached hydrogens (tertiary/aromatic N) is 1. The highest BCUT2D eigenvalue weighted by molar-refractivity contribution is 6.08. The van der Waals surface area contributed by atoms with Gasteiger partial charge in [-0.15, -0.1) is 0 Å².